The minimum absolute atomic E-state index is 0.0952. The largest absolute Gasteiger partial charge is 0.493 e. The standard InChI is InChI=1S/C24H25ClN2O3/c1-16-6-4-5-7-19(16)15-30-24-22(25)12-18(13-23(24)29-3)14-26-20-8-10-21(11-9-20)27-17(2)28/h4-13,26H,14-15H2,1-3H3,(H,27,28). The highest BCUT2D eigenvalue weighted by atomic mass is 35.5. The van der Waals surface area contributed by atoms with Gasteiger partial charge in [0.15, 0.2) is 11.5 Å². The third kappa shape index (κ3) is 5.67. The van der Waals surface area contributed by atoms with Crippen molar-refractivity contribution in [1.82, 2.24) is 0 Å². The maximum Gasteiger partial charge on any atom is 0.221 e. The van der Waals surface area contributed by atoms with Gasteiger partial charge in [0.05, 0.1) is 12.1 Å². The molecule has 3 aromatic rings. The van der Waals surface area contributed by atoms with Crippen LogP contribution >= 0.6 is 11.6 Å². The Kier molecular flexibility index (Phi) is 7.20. The van der Waals surface area contributed by atoms with E-state index < -0.39 is 0 Å². The van der Waals surface area contributed by atoms with Gasteiger partial charge in [-0.3, -0.25) is 4.79 Å². The number of methoxy groups -OCH3 is 1. The predicted molar refractivity (Wildman–Crippen MR) is 122 cm³/mol. The maximum atomic E-state index is 11.1. The zero-order valence-corrected chi connectivity index (χ0v) is 18.0. The van der Waals surface area contributed by atoms with Crippen LogP contribution in [0.15, 0.2) is 60.7 Å². The van der Waals surface area contributed by atoms with Crippen LogP contribution in [0.25, 0.3) is 0 Å². The molecule has 5 nitrogen and oxygen atoms in total. The molecule has 0 aliphatic carbocycles. The molecule has 0 aliphatic rings. The minimum atomic E-state index is -0.0952. The van der Waals surface area contributed by atoms with Crippen LogP contribution in [0.4, 0.5) is 11.4 Å². The van der Waals surface area contributed by atoms with E-state index in [0.29, 0.717) is 29.7 Å². The second kappa shape index (κ2) is 10.0. The number of hydrogen-bond acceptors (Lipinski definition) is 4. The molecule has 0 spiro atoms. The van der Waals surface area contributed by atoms with E-state index in [1.165, 1.54) is 6.92 Å². The van der Waals surface area contributed by atoms with Crippen LogP contribution in [0.1, 0.15) is 23.6 Å². The number of hydrogen-bond donors (Lipinski definition) is 2. The van der Waals surface area contributed by atoms with Crippen LogP contribution in [0.3, 0.4) is 0 Å². The summed E-state index contributed by atoms with van der Waals surface area (Å²) in [5.74, 6) is 1.03. The van der Waals surface area contributed by atoms with E-state index in [9.17, 15) is 4.79 Å². The molecule has 0 bridgehead atoms. The quantitative estimate of drug-likeness (QED) is 0.479. The van der Waals surface area contributed by atoms with Gasteiger partial charge in [0.25, 0.3) is 0 Å². The average Bonchev–Trinajstić information content (AvgIpc) is 2.72. The molecule has 3 rings (SSSR count). The van der Waals surface area contributed by atoms with Crippen LogP contribution in [0.2, 0.25) is 5.02 Å². The van der Waals surface area contributed by atoms with E-state index in [1.54, 1.807) is 7.11 Å². The van der Waals surface area contributed by atoms with Gasteiger partial charge in [0.1, 0.15) is 6.61 Å². The summed E-state index contributed by atoms with van der Waals surface area (Å²) in [6, 6.07) is 19.4. The summed E-state index contributed by atoms with van der Waals surface area (Å²) in [5, 5.41) is 6.58. The van der Waals surface area contributed by atoms with E-state index >= 15 is 0 Å². The molecule has 2 N–H and O–H groups in total. The molecule has 156 valence electrons. The van der Waals surface area contributed by atoms with Crippen molar-refractivity contribution in [3.05, 3.63) is 82.4 Å². The fourth-order valence-corrected chi connectivity index (χ4v) is 3.30. The summed E-state index contributed by atoms with van der Waals surface area (Å²) < 4.78 is 11.5. The van der Waals surface area contributed by atoms with Crippen molar-refractivity contribution in [2.45, 2.75) is 27.0 Å². The number of amides is 1. The molecule has 30 heavy (non-hydrogen) atoms. The first kappa shape index (κ1) is 21.5. The second-order valence-electron chi connectivity index (χ2n) is 6.94. The summed E-state index contributed by atoms with van der Waals surface area (Å²) >= 11 is 6.50. The molecule has 6 heteroatoms. The van der Waals surface area contributed by atoms with Crippen molar-refractivity contribution >= 4 is 28.9 Å². The van der Waals surface area contributed by atoms with Crippen molar-refractivity contribution in [3.63, 3.8) is 0 Å². The van der Waals surface area contributed by atoms with Gasteiger partial charge in [-0.25, -0.2) is 0 Å². The highest BCUT2D eigenvalue weighted by Gasteiger charge is 2.13. The maximum absolute atomic E-state index is 11.1. The van der Waals surface area contributed by atoms with E-state index in [2.05, 4.69) is 23.6 Å². The van der Waals surface area contributed by atoms with Crippen LogP contribution in [-0.2, 0) is 17.9 Å². The van der Waals surface area contributed by atoms with Gasteiger partial charge in [0, 0.05) is 24.8 Å². The van der Waals surface area contributed by atoms with E-state index in [-0.39, 0.29) is 5.91 Å². The number of carbonyl (C=O) groups excluding carboxylic acids is 1. The fourth-order valence-electron chi connectivity index (χ4n) is 3.02. The van der Waals surface area contributed by atoms with Crippen LogP contribution in [0.5, 0.6) is 11.5 Å². The Morgan fingerprint density at radius 2 is 1.73 bits per heavy atom. The fraction of sp³-hybridized carbons (Fsp3) is 0.208. The lowest BCUT2D eigenvalue weighted by molar-refractivity contribution is -0.114. The Balaban J connectivity index is 1.67. The van der Waals surface area contributed by atoms with Gasteiger partial charge in [-0.15, -0.1) is 0 Å². The monoisotopic (exact) mass is 424 g/mol. The summed E-state index contributed by atoms with van der Waals surface area (Å²) in [5.41, 5.74) is 4.92. The number of rotatable bonds is 8. The summed E-state index contributed by atoms with van der Waals surface area (Å²) in [6.07, 6.45) is 0. The Morgan fingerprint density at radius 1 is 1.03 bits per heavy atom. The van der Waals surface area contributed by atoms with Gasteiger partial charge >= 0.3 is 0 Å². The highest BCUT2D eigenvalue weighted by Crippen LogP contribution is 2.37. The predicted octanol–water partition coefficient (Wildman–Crippen LogP) is 5.81. The van der Waals surface area contributed by atoms with E-state index in [4.69, 9.17) is 21.1 Å². The first-order chi connectivity index (χ1) is 14.5. The Hall–Kier alpha value is -3.18. The summed E-state index contributed by atoms with van der Waals surface area (Å²) in [4.78, 5) is 11.1. The Labute approximate surface area is 182 Å². The molecule has 0 radical (unpaired) electrons. The molecule has 0 aromatic heterocycles. The van der Waals surface area contributed by atoms with E-state index in [0.717, 1.165) is 28.1 Å². The average molecular weight is 425 g/mol. The molecular weight excluding hydrogens is 400 g/mol. The lowest BCUT2D eigenvalue weighted by Gasteiger charge is -2.16. The minimum Gasteiger partial charge on any atom is -0.493 e. The number of ether oxygens (including phenoxy) is 2. The molecule has 0 saturated carbocycles. The van der Waals surface area contributed by atoms with Gasteiger partial charge < -0.3 is 20.1 Å². The van der Waals surface area contributed by atoms with Crippen molar-refractivity contribution in [2.24, 2.45) is 0 Å². The number of anilines is 2. The summed E-state index contributed by atoms with van der Waals surface area (Å²) in [7, 11) is 1.60. The molecule has 3 aromatic carbocycles. The van der Waals surface area contributed by atoms with Crippen molar-refractivity contribution < 1.29 is 14.3 Å². The highest BCUT2D eigenvalue weighted by molar-refractivity contribution is 6.32. The molecule has 0 aliphatic heterocycles. The van der Waals surface area contributed by atoms with Gasteiger partial charge in [-0.2, -0.15) is 0 Å². The molecule has 1 amide bonds. The number of benzene rings is 3. The van der Waals surface area contributed by atoms with Crippen LogP contribution < -0.4 is 20.1 Å². The molecule has 0 heterocycles. The third-order valence-corrected chi connectivity index (χ3v) is 4.91. The Morgan fingerprint density at radius 3 is 2.40 bits per heavy atom. The third-order valence-electron chi connectivity index (χ3n) is 4.62. The van der Waals surface area contributed by atoms with Crippen molar-refractivity contribution in [2.75, 3.05) is 17.7 Å². The number of aryl methyl sites for hydroxylation is 1. The summed E-state index contributed by atoms with van der Waals surface area (Å²) in [6.45, 7) is 4.52. The lowest BCUT2D eigenvalue weighted by Crippen LogP contribution is -2.06. The number of halogens is 1. The number of nitrogens with one attached hydrogen (secondary N) is 2. The second-order valence-corrected chi connectivity index (χ2v) is 7.34. The normalized spacial score (nSPS) is 10.4. The van der Waals surface area contributed by atoms with Crippen LogP contribution in [0, 0.1) is 6.92 Å². The molecule has 0 saturated heterocycles. The first-order valence-electron chi connectivity index (χ1n) is 9.61. The number of carbonyl (C=O) groups is 1. The van der Waals surface area contributed by atoms with Gasteiger partial charge in [-0.1, -0.05) is 35.9 Å². The first-order valence-corrected chi connectivity index (χ1v) is 9.99. The van der Waals surface area contributed by atoms with Crippen molar-refractivity contribution in [1.29, 1.82) is 0 Å². The Bertz CT molecular complexity index is 1020. The lowest BCUT2D eigenvalue weighted by atomic mass is 10.1. The topological polar surface area (TPSA) is 59.6 Å². The molecular formula is C24H25ClN2O3. The van der Waals surface area contributed by atoms with Gasteiger partial charge in [0.2, 0.25) is 5.91 Å². The smallest absolute Gasteiger partial charge is 0.221 e. The van der Waals surface area contributed by atoms with Crippen molar-refractivity contribution in [3.8, 4) is 11.5 Å². The van der Waals surface area contributed by atoms with E-state index in [1.807, 2.05) is 54.6 Å². The SMILES string of the molecule is COc1cc(CNc2ccc(NC(C)=O)cc2)cc(Cl)c1OCc1ccccc1C. The van der Waals surface area contributed by atoms with Crippen LogP contribution in [-0.4, -0.2) is 13.0 Å². The molecule has 0 fully saturated rings. The molecule has 0 unspecified atom stereocenters. The van der Waals surface area contributed by atoms with Gasteiger partial charge in [-0.05, 0) is 60.0 Å². The molecule has 0 atom stereocenters. The zero-order valence-electron chi connectivity index (χ0n) is 17.3. The zero-order chi connectivity index (χ0) is 21.5.